The second-order valence-corrected chi connectivity index (χ2v) is 8.86. The molecule has 32 heavy (non-hydrogen) atoms. The van der Waals surface area contributed by atoms with E-state index in [-0.39, 0.29) is 11.6 Å². The van der Waals surface area contributed by atoms with E-state index < -0.39 is 17.4 Å². The molecule has 2 heterocycles. The van der Waals surface area contributed by atoms with Crippen LogP contribution < -0.4 is 4.74 Å². The Bertz CT molecular complexity index is 1120. The fourth-order valence-electron chi connectivity index (χ4n) is 3.83. The minimum atomic E-state index is -0.765. The van der Waals surface area contributed by atoms with Crippen LogP contribution in [0.25, 0.3) is 11.1 Å². The van der Waals surface area contributed by atoms with Gasteiger partial charge in [0.15, 0.2) is 17.4 Å². The average Bonchev–Trinajstić information content (AvgIpc) is 3.37. The van der Waals surface area contributed by atoms with E-state index in [1.807, 2.05) is 38.2 Å². The molecule has 1 aliphatic heterocycles. The highest BCUT2D eigenvalue weighted by Crippen LogP contribution is 2.33. The normalized spacial score (nSPS) is 16.8. The van der Waals surface area contributed by atoms with Crippen molar-refractivity contribution >= 4 is 0 Å². The van der Waals surface area contributed by atoms with E-state index >= 15 is 0 Å². The molecule has 0 spiro atoms. The summed E-state index contributed by atoms with van der Waals surface area (Å²) in [4.78, 5) is 5.96. The fraction of sp³-hybridized carbons (Fsp3) is 0.320. The minimum absolute atomic E-state index is 0.213. The molecule has 1 aliphatic rings. The Morgan fingerprint density at radius 2 is 1.72 bits per heavy atom. The van der Waals surface area contributed by atoms with Gasteiger partial charge in [0.2, 0.25) is 0 Å². The summed E-state index contributed by atoms with van der Waals surface area (Å²) in [7, 11) is 0. The zero-order valence-corrected chi connectivity index (χ0v) is 18.3. The van der Waals surface area contributed by atoms with Crippen molar-refractivity contribution in [1.82, 2.24) is 9.63 Å². The average molecular weight is 437 g/mol. The van der Waals surface area contributed by atoms with Crippen molar-refractivity contribution in [2.75, 3.05) is 13.1 Å². The first-order chi connectivity index (χ1) is 15.2. The van der Waals surface area contributed by atoms with Crippen molar-refractivity contribution in [3.8, 4) is 28.7 Å². The van der Waals surface area contributed by atoms with Gasteiger partial charge in [0.05, 0.1) is 11.2 Å². The molecule has 5 nitrogen and oxygen atoms in total. The van der Waals surface area contributed by atoms with E-state index in [9.17, 15) is 14.0 Å². The molecule has 7 heteroatoms. The van der Waals surface area contributed by atoms with Crippen LogP contribution >= 0.6 is 0 Å². The van der Waals surface area contributed by atoms with Crippen LogP contribution in [0.5, 0.6) is 11.5 Å². The third-order valence-corrected chi connectivity index (χ3v) is 5.22. The third kappa shape index (κ3) is 4.82. The Balaban J connectivity index is 1.52. The molecule has 0 bridgehead atoms. The lowest BCUT2D eigenvalue weighted by atomic mass is 10.1. The zero-order valence-electron chi connectivity index (χ0n) is 18.3. The SMILES string of the molecule is CC(C)(C)ON1CC[C@@H](n2cc(C#N)c(-c3ccc(Oc4c(F)cccc4F)cc3)c2)C1. The lowest BCUT2D eigenvalue weighted by Crippen LogP contribution is -2.32. The number of rotatable bonds is 5. The van der Waals surface area contributed by atoms with Crippen molar-refractivity contribution in [1.29, 1.82) is 5.26 Å². The molecule has 2 aromatic carbocycles. The number of benzene rings is 2. The van der Waals surface area contributed by atoms with Crippen LogP contribution in [0.1, 0.15) is 38.8 Å². The number of hydrogen-bond donors (Lipinski definition) is 0. The molecule has 0 unspecified atom stereocenters. The van der Waals surface area contributed by atoms with Crippen molar-refractivity contribution in [2.45, 2.75) is 38.8 Å². The number of hydrogen-bond acceptors (Lipinski definition) is 4. The van der Waals surface area contributed by atoms with Crippen molar-refractivity contribution < 1.29 is 18.4 Å². The number of nitrogens with zero attached hydrogens (tertiary/aromatic N) is 3. The second kappa shape index (κ2) is 8.73. The molecule has 1 fully saturated rings. The first-order valence-corrected chi connectivity index (χ1v) is 10.5. The van der Waals surface area contributed by atoms with Crippen LogP contribution in [0.4, 0.5) is 8.78 Å². The predicted octanol–water partition coefficient (Wildman–Crippen LogP) is 6.07. The number of para-hydroxylation sites is 1. The van der Waals surface area contributed by atoms with Gasteiger partial charge < -0.3 is 9.30 Å². The summed E-state index contributed by atoms with van der Waals surface area (Å²) in [5, 5.41) is 11.6. The number of halogens is 2. The zero-order chi connectivity index (χ0) is 22.9. The lowest BCUT2D eigenvalue weighted by molar-refractivity contribution is -0.217. The van der Waals surface area contributed by atoms with Gasteiger partial charge in [0.1, 0.15) is 11.8 Å². The van der Waals surface area contributed by atoms with E-state index in [4.69, 9.17) is 9.57 Å². The Labute approximate surface area is 186 Å². The van der Waals surface area contributed by atoms with Crippen molar-refractivity contribution in [2.24, 2.45) is 0 Å². The van der Waals surface area contributed by atoms with Gasteiger partial charge >= 0.3 is 0 Å². The maximum absolute atomic E-state index is 13.8. The number of ether oxygens (including phenoxy) is 1. The minimum Gasteiger partial charge on any atom is -0.451 e. The first-order valence-electron chi connectivity index (χ1n) is 10.5. The molecule has 0 saturated carbocycles. The molecule has 0 N–H and O–H groups in total. The summed E-state index contributed by atoms with van der Waals surface area (Å²) < 4.78 is 35.1. The van der Waals surface area contributed by atoms with Crippen LogP contribution in [0.3, 0.4) is 0 Å². The molecule has 4 rings (SSSR count). The van der Waals surface area contributed by atoms with Crippen LogP contribution in [0.15, 0.2) is 54.9 Å². The van der Waals surface area contributed by atoms with Crippen LogP contribution in [-0.2, 0) is 4.84 Å². The van der Waals surface area contributed by atoms with Gasteiger partial charge in [-0.05, 0) is 57.0 Å². The monoisotopic (exact) mass is 437 g/mol. The highest BCUT2D eigenvalue weighted by Gasteiger charge is 2.28. The number of hydroxylamine groups is 2. The van der Waals surface area contributed by atoms with Crippen LogP contribution in [0.2, 0.25) is 0 Å². The smallest absolute Gasteiger partial charge is 0.198 e. The summed E-state index contributed by atoms with van der Waals surface area (Å²) in [5.41, 5.74) is 1.94. The summed E-state index contributed by atoms with van der Waals surface area (Å²) in [6.07, 6.45) is 4.76. The van der Waals surface area contributed by atoms with Gasteiger partial charge in [0.25, 0.3) is 0 Å². The molecule has 0 aliphatic carbocycles. The van der Waals surface area contributed by atoms with Crippen LogP contribution in [0, 0.1) is 23.0 Å². The quantitative estimate of drug-likeness (QED) is 0.486. The topological polar surface area (TPSA) is 50.4 Å². The molecule has 1 saturated heterocycles. The molecule has 1 aromatic heterocycles. The van der Waals surface area contributed by atoms with E-state index in [0.29, 0.717) is 11.3 Å². The highest BCUT2D eigenvalue weighted by molar-refractivity contribution is 5.70. The maximum atomic E-state index is 13.8. The Hall–Kier alpha value is -3.21. The van der Waals surface area contributed by atoms with Gasteiger partial charge in [-0.1, -0.05) is 18.2 Å². The van der Waals surface area contributed by atoms with E-state index in [1.165, 1.54) is 6.07 Å². The van der Waals surface area contributed by atoms with E-state index in [1.54, 1.807) is 24.3 Å². The Morgan fingerprint density at radius 3 is 2.34 bits per heavy atom. The Morgan fingerprint density at radius 1 is 1.03 bits per heavy atom. The van der Waals surface area contributed by atoms with E-state index in [2.05, 4.69) is 10.6 Å². The molecule has 3 aromatic rings. The van der Waals surface area contributed by atoms with Crippen LogP contribution in [-0.4, -0.2) is 28.3 Å². The standard InChI is InChI=1S/C25H25F2N3O2/c1-25(2,3)32-30-12-11-19(15-30)29-14-18(13-28)21(16-29)17-7-9-20(10-8-17)31-24-22(26)5-4-6-23(24)27/h4-10,14,16,19H,11-12,15H2,1-3H3/t19-/m1/s1. The molecule has 0 radical (unpaired) electrons. The second-order valence-electron chi connectivity index (χ2n) is 8.86. The molecular weight excluding hydrogens is 412 g/mol. The van der Waals surface area contributed by atoms with Gasteiger partial charge in [-0.25, -0.2) is 8.78 Å². The third-order valence-electron chi connectivity index (χ3n) is 5.22. The van der Waals surface area contributed by atoms with Crippen molar-refractivity contribution in [3.05, 3.63) is 72.1 Å². The number of aromatic nitrogens is 1. The van der Waals surface area contributed by atoms with Gasteiger partial charge in [-0.15, -0.1) is 0 Å². The van der Waals surface area contributed by atoms with Crippen molar-refractivity contribution in [3.63, 3.8) is 0 Å². The summed E-state index contributed by atoms with van der Waals surface area (Å²) in [5.74, 6) is -1.66. The van der Waals surface area contributed by atoms with Gasteiger partial charge in [0, 0.05) is 37.1 Å². The molecule has 1 atom stereocenters. The predicted molar refractivity (Wildman–Crippen MR) is 117 cm³/mol. The lowest BCUT2D eigenvalue weighted by Gasteiger charge is -2.26. The largest absolute Gasteiger partial charge is 0.451 e. The van der Waals surface area contributed by atoms with E-state index in [0.717, 1.165) is 42.8 Å². The summed E-state index contributed by atoms with van der Waals surface area (Å²) >= 11 is 0. The molecule has 166 valence electrons. The fourth-order valence-corrected chi connectivity index (χ4v) is 3.83. The first kappa shape index (κ1) is 22.0. The molecular formula is C25H25F2N3O2. The summed E-state index contributed by atoms with van der Waals surface area (Å²) in [6, 6.07) is 12.9. The Kier molecular flexibility index (Phi) is 6.00. The van der Waals surface area contributed by atoms with Gasteiger partial charge in [-0.3, -0.25) is 4.84 Å². The van der Waals surface area contributed by atoms with Gasteiger partial charge in [-0.2, -0.15) is 10.3 Å². The summed E-state index contributed by atoms with van der Waals surface area (Å²) in [6.45, 7) is 7.65. The number of nitriles is 1. The highest BCUT2D eigenvalue weighted by atomic mass is 19.1. The maximum Gasteiger partial charge on any atom is 0.198 e. The molecule has 0 amide bonds.